The molecule has 12 aromatic carbocycles. The van der Waals surface area contributed by atoms with Gasteiger partial charge in [0.2, 0.25) is 0 Å². The quantitative estimate of drug-likeness (QED) is 0.152. The molecule has 0 atom stereocenters. The van der Waals surface area contributed by atoms with Crippen molar-refractivity contribution in [3.05, 3.63) is 340 Å². The summed E-state index contributed by atoms with van der Waals surface area (Å²) in [4.78, 5) is 0. The number of rotatable bonds is 6. The van der Waals surface area contributed by atoms with Gasteiger partial charge in [-0.2, -0.15) is 0 Å². The summed E-state index contributed by atoms with van der Waals surface area (Å²) in [5.74, 6) is 3.52. The third-order valence-corrected chi connectivity index (χ3v) is 22.2. The highest BCUT2D eigenvalue weighted by molar-refractivity contribution is 9.10. The third-order valence-electron chi connectivity index (χ3n) is 19.7. The van der Waals surface area contributed by atoms with Crippen LogP contribution in [0.4, 0.5) is 0 Å². The number of aromatic nitrogens is 4. The van der Waals surface area contributed by atoms with Crippen LogP contribution in [-0.2, 0) is 20.1 Å². The molecule has 5 heterocycles. The van der Waals surface area contributed by atoms with Gasteiger partial charge in [0.05, 0.1) is 22.0 Å². The SMILES string of the molecule is Brc1cccc(-c2nnc(-c3ccccc3)s2)c1.CC1(C)OB(c2ccc3c(c2)Oc2ccccc2C32c3ccccc3-c3ccccc32)OC1(C)C.c1ccc(-c2nnc(-c3cccc(-c4ccc5c(c4)Oc4ccccc4C54c5ccccc5-c5ccccc54)c3)s2)cc1. The first-order chi connectivity index (χ1) is 47.0. The van der Waals surface area contributed by atoms with Gasteiger partial charge in [-0.3, -0.25) is 0 Å². The van der Waals surface area contributed by atoms with E-state index in [-0.39, 0.29) is 0 Å². The van der Waals surface area contributed by atoms with E-state index >= 15 is 0 Å². The minimum absolute atomic E-state index is 0.397. The Labute approximate surface area is 574 Å². The molecule has 12 heteroatoms. The number of fused-ring (bicyclic) bond motifs is 18. The van der Waals surface area contributed by atoms with Crippen LogP contribution in [0, 0.1) is 0 Å². The van der Waals surface area contributed by atoms with Crippen LogP contribution in [0.5, 0.6) is 23.0 Å². The van der Waals surface area contributed by atoms with Crippen LogP contribution in [0.25, 0.3) is 75.7 Å². The third kappa shape index (κ3) is 9.75. The summed E-state index contributed by atoms with van der Waals surface area (Å²) < 4.78 is 27.1. The Kier molecular flexibility index (Phi) is 14.7. The molecule has 2 spiro atoms. The molecular weight excluding hydrogens is 1280 g/mol. The number of para-hydroxylation sites is 2. The van der Waals surface area contributed by atoms with Gasteiger partial charge in [0, 0.05) is 49.0 Å². The standard InChI is InChI=1S/C39H24N2OS.C31H27BO3.C14H9BrN2S/c1-2-11-25(12-3-1)37-40-41-38(43-37)28-14-10-13-26(23-28)27-21-22-34-36(24-27)42-35-20-9-8-19-33(35)39(34)31-17-6-4-15-29(31)30-16-5-7-18-32(30)39;1-29(2)30(3,4)35-32(34-29)20-17-18-26-28(19-20)33-27-16-10-9-15-25(27)31(26)23-13-7-5-11-21(23)22-12-6-8-14-24(22)31;15-12-8-4-7-11(9-12)14-17-16-13(18-14)10-5-2-1-3-6-10/h1-24H;5-19H,1-4H3;1-9H. The lowest BCUT2D eigenvalue weighted by Gasteiger charge is -2.39. The average Bonchev–Trinajstić information content (AvgIpc) is 1.47. The number of hydrogen-bond donors (Lipinski definition) is 0. The maximum absolute atomic E-state index is 6.70. The van der Waals surface area contributed by atoms with Crippen molar-refractivity contribution in [2.24, 2.45) is 0 Å². The summed E-state index contributed by atoms with van der Waals surface area (Å²) in [6, 6.07) is 102. The molecule has 0 amide bonds. The minimum atomic E-state index is -0.446. The zero-order chi connectivity index (χ0) is 64.8. The van der Waals surface area contributed by atoms with Gasteiger partial charge in [0.1, 0.15) is 43.0 Å². The van der Waals surface area contributed by atoms with Crippen LogP contribution in [0.15, 0.2) is 296 Å². The number of ether oxygens (including phenoxy) is 2. The lowest BCUT2D eigenvalue weighted by Crippen LogP contribution is -2.41. The van der Waals surface area contributed by atoms with E-state index in [1.807, 2.05) is 72.8 Å². The number of hydrogen-bond acceptors (Lipinski definition) is 10. The van der Waals surface area contributed by atoms with Gasteiger partial charge in [-0.15, -0.1) is 20.4 Å². The highest BCUT2D eigenvalue weighted by atomic mass is 79.9. The number of halogens is 1. The van der Waals surface area contributed by atoms with E-state index < -0.39 is 29.2 Å². The Balaban J connectivity index is 0.000000118. The summed E-state index contributed by atoms with van der Waals surface area (Å²) in [5, 5.41) is 21.2. The summed E-state index contributed by atoms with van der Waals surface area (Å²) in [7, 11) is -0.440. The van der Waals surface area contributed by atoms with Crippen molar-refractivity contribution < 1.29 is 18.8 Å². The average molecular weight is 1340 g/mol. The molecule has 462 valence electrons. The van der Waals surface area contributed by atoms with E-state index in [0.717, 1.165) is 91.9 Å². The van der Waals surface area contributed by atoms with Gasteiger partial charge in [0.25, 0.3) is 0 Å². The predicted molar refractivity (Wildman–Crippen MR) is 392 cm³/mol. The minimum Gasteiger partial charge on any atom is -0.457 e. The molecule has 1 fully saturated rings. The molecule has 2 aliphatic carbocycles. The van der Waals surface area contributed by atoms with Crippen LogP contribution in [0.3, 0.4) is 0 Å². The van der Waals surface area contributed by atoms with Crippen molar-refractivity contribution in [3.8, 4) is 98.7 Å². The molecule has 1 saturated heterocycles. The fourth-order valence-corrected chi connectivity index (χ4v) is 16.7. The zero-order valence-corrected chi connectivity index (χ0v) is 56.1. The molecule has 19 rings (SSSR count). The van der Waals surface area contributed by atoms with Crippen LogP contribution in [0.2, 0.25) is 0 Å². The van der Waals surface area contributed by atoms with Crippen LogP contribution in [0.1, 0.15) is 72.2 Å². The fraction of sp³-hybridized carbons (Fsp3) is 0.0952. The van der Waals surface area contributed by atoms with Crippen molar-refractivity contribution in [2.45, 2.75) is 49.7 Å². The van der Waals surface area contributed by atoms with Gasteiger partial charge >= 0.3 is 7.12 Å². The Morgan fingerprint density at radius 3 is 1.10 bits per heavy atom. The Hall–Kier alpha value is -10.2. The molecule has 0 saturated carbocycles. The van der Waals surface area contributed by atoms with E-state index in [1.54, 1.807) is 22.7 Å². The summed E-state index contributed by atoms with van der Waals surface area (Å²) in [6.45, 7) is 8.33. The van der Waals surface area contributed by atoms with Crippen LogP contribution >= 0.6 is 38.6 Å². The van der Waals surface area contributed by atoms with E-state index in [2.05, 4.69) is 282 Å². The first kappa shape index (κ1) is 59.6. The Morgan fingerprint density at radius 2 is 0.635 bits per heavy atom. The lowest BCUT2D eigenvalue weighted by molar-refractivity contribution is 0.00578. The first-order valence-corrected chi connectivity index (χ1v) is 34.6. The topological polar surface area (TPSA) is 88.5 Å². The second-order valence-electron chi connectivity index (χ2n) is 25.6. The van der Waals surface area contributed by atoms with Crippen molar-refractivity contribution >= 4 is 51.2 Å². The van der Waals surface area contributed by atoms with Gasteiger partial charge in [-0.25, -0.2) is 0 Å². The first-order valence-electron chi connectivity index (χ1n) is 32.2. The second kappa shape index (κ2) is 23.6. The molecule has 14 aromatic rings. The molecule has 2 aromatic heterocycles. The van der Waals surface area contributed by atoms with Crippen molar-refractivity contribution in [2.75, 3.05) is 0 Å². The normalized spacial score (nSPS) is 15.1. The monoisotopic (exact) mass is 1340 g/mol. The van der Waals surface area contributed by atoms with Gasteiger partial charge in [-0.05, 0) is 131 Å². The van der Waals surface area contributed by atoms with E-state index in [9.17, 15) is 0 Å². The lowest BCUT2D eigenvalue weighted by atomic mass is 9.65. The number of benzene rings is 12. The highest BCUT2D eigenvalue weighted by Gasteiger charge is 2.55. The van der Waals surface area contributed by atoms with Crippen LogP contribution in [-0.4, -0.2) is 38.7 Å². The smallest absolute Gasteiger partial charge is 0.457 e. The highest BCUT2D eigenvalue weighted by Crippen LogP contribution is 2.64. The molecule has 0 bridgehead atoms. The molecule has 0 N–H and O–H groups in total. The summed E-state index contributed by atoms with van der Waals surface area (Å²) >= 11 is 6.68. The second-order valence-corrected chi connectivity index (χ2v) is 28.5. The Bertz CT molecular complexity index is 5230. The van der Waals surface area contributed by atoms with Crippen LogP contribution < -0.4 is 14.9 Å². The van der Waals surface area contributed by atoms with Crippen molar-refractivity contribution in [3.63, 3.8) is 0 Å². The molecule has 5 aliphatic rings. The van der Waals surface area contributed by atoms with E-state index in [4.69, 9.17) is 18.8 Å². The van der Waals surface area contributed by atoms with Gasteiger partial charge < -0.3 is 18.8 Å². The van der Waals surface area contributed by atoms with Crippen molar-refractivity contribution in [1.82, 2.24) is 20.4 Å². The molecule has 0 radical (unpaired) electrons. The maximum Gasteiger partial charge on any atom is 0.494 e. The summed E-state index contributed by atoms with van der Waals surface area (Å²) in [6.07, 6.45) is 0. The largest absolute Gasteiger partial charge is 0.494 e. The molecule has 0 unspecified atom stereocenters. The van der Waals surface area contributed by atoms with Crippen molar-refractivity contribution in [1.29, 1.82) is 0 Å². The molecular formula is C84H60BBrN4O4S2. The van der Waals surface area contributed by atoms with E-state index in [1.165, 1.54) is 61.2 Å². The molecule has 96 heavy (non-hydrogen) atoms. The van der Waals surface area contributed by atoms with Gasteiger partial charge in [0.15, 0.2) is 0 Å². The number of nitrogens with zero attached hydrogens (tertiary/aromatic N) is 4. The fourth-order valence-electron chi connectivity index (χ4n) is 14.6. The summed E-state index contributed by atoms with van der Waals surface area (Å²) in [5.41, 5.74) is 20.8. The Morgan fingerprint density at radius 1 is 0.292 bits per heavy atom. The van der Waals surface area contributed by atoms with Gasteiger partial charge in [-0.1, -0.05) is 287 Å². The maximum atomic E-state index is 6.70. The zero-order valence-electron chi connectivity index (χ0n) is 52.9. The molecule has 8 nitrogen and oxygen atoms in total. The predicted octanol–water partition coefficient (Wildman–Crippen LogP) is 21.1. The molecule has 3 aliphatic heterocycles. The van der Waals surface area contributed by atoms with E-state index in [0.29, 0.717) is 0 Å².